The average Bonchev–Trinajstić information content (AvgIpc) is 2.84. The SMILES string of the molecule is CCCCCC1=NCC[N+]12C=C(Cl)C(C(C)(C)C)=N2. The van der Waals surface area contributed by atoms with E-state index in [9.17, 15) is 0 Å². The molecule has 2 aliphatic rings. The van der Waals surface area contributed by atoms with Crippen molar-refractivity contribution in [3.8, 4) is 0 Å². The largest absolute Gasteiger partial charge is 0.230 e. The molecular formula is C15H25ClN3+. The summed E-state index contributed by atoms with van der Waals surface area (Å²) < 4.78 is 0.537. The molecule has 0 amide bonds. The predicted molar refractivity (Wildman–Crippen MR) is 82.4 cm³/mol. The van der Waals surface area contributed by atoms with Crippen molar-refractivity contribution in [3.63, 3.8) is 0 Å². The second-order valence-electron chi connectivity index (χ2n) is 6.48. The van der Waals surface area contributed by atoms with E-state index in [2.05, 4.69) is 38.9 Å². The first-order chi connectivity index (χ1) is 8.89. The Balaban J connectivity index is 2.21. The molecule has 2 heterocycles. The summed E-state index contributed by atoms with van der Waals surface area (Å²) in [4.78, 5) is 4.67. The second kappa shape index (κ2) is 5.37. The highest BCUT2D eigenvalue weighted by atomic mass is 35.5. The zero-order valence-corrected chi connectivity index (χ0v) is 13.3. The molecule has 1 atom stereocenters. The number of quaternary nitrogens is 1. The Kier molecular flexibility index (Phi) is 4.17. The molecule has 0 bridgehead atoms. The molecule has 0 aromatic heterocycles. The first-order valence-corrected chi connectivity index (χ1v) is 7.68. The summed E-state index contributed by atoms with van der Waals surface area (Å²) >= 11 is 6.42. The topological polar surface area (TPSA) is 24.7 Å². The smallest absolute Gasteiger partial charge is 0.229 e. The molecule has 2 aliphatic heterocycles. The van der Waals surface area contributed by atoms with Crippen molar-refractivity contribution in [1.82, 2.24) is 0 Å². The predicted octanol–water partition coefficient (Wildman–Crippen LogP) is 4.29. The number of allylic oxidation sites excluding steroid dienone is 1. The molecule has 0 aromatic carbocycles. The normalized spacial score (nSPS) is 26.7. The molecule has 106 valence electrons. The van der Waals surface area contributed by atoms with Crippen LogP contribution in [0.25, 0.3) is 0 Å². The van der Waals surface area contributed by atoms with E-state index in [0.29, 0.717) is 4.59 Å². The maximum Gasteiger partial charge on any atom is 0.229 e. The molecule has 0 radical (unpaired) electrons. The first-order valence-electron chi connectivity index (χ1n) is 7.30. The highest BCUT2D eigenvalue weighted by Gasteiger charge is 2.45. The lowest BCUT2D eigenvalue weighted by atomic mass is 9.90. The van der Waals surface area contributed by atoms with E-state index in [1.54, 1.807) is 0 Å². The number of rotatable bonds is 4. The average molecular weight is 283 g/mol. The Hall–Kier alpha value is -0.670. The maximum absolute atomic E-state index is 6.42. The monoisotopic (exact) mass is 282 g/mol. The van der Waals surface area contributed by atoms with Crippen LogP contribution in [0.3, 0.4) is 0 Å². The van der Waals surface area contributed by atoms with Crippen LogP contribution in [0, 0.1) is 5.41 Å². The van der Waals surface area contributed by atoms with Gasteiger partial charge in [0.1, 0.15) is 23.5 Å². The number of hydrogen-bond acceptors (Lipinski definition) is 2. The fraction of sp³-hybridized carbons (Fsp3) is 0.733. The molecule has 0 saturated carbocycles. The fourth-order valence-electron chi connectivity index (χ4n) is 2.65. The van der Waals surface area contributed by atoms with Crippen LogP contribution in [0.4, 0.5) is 0 Å². The van der Waals surface area contributed by atoms with Crippen LogP contribution in [0.15, 0.2) is 21.3 Å². The molecule has 0 aliphatic carbocycles. The highest BCUT2D eigenvalue weighted by Crippen LogP contribution is 2.35. The van der Waals surface area contributed by atoms with Crippen LogP contribution in [-0.2, 0) is 0 Å². The third-order valence-electron chi connectivity index (χ3n) is 3.73. The summed E-state index contributed by atoms with van der Waals surface area (Å²) in [6.45, 7) is 10.5. The number of amidine groups is 1. The minimum Gasteiger partial charge on any atom is -0.230 e. The zero-order valence-electron chi connectivity index (χ0n) is 12.5. The Morgan fingerprint density at radius 3 is 2.63 bits per heavy atom. The van der Waals surface area contributed by atoms with Crippen molar-refractivity contribution in [2.24, 2.45) is 15.5 Å². The number of hydrogen-bond donors (Lipinski definition) is 0. The van der Waals surface area contributed by atoms with E-state index in [-0.39, 0.29) is 5.41 Å². The van der Waals surface area contributed by atoms with Crippen molar-refractivity contribution in [1.29, 1.82) is 0 Å². The van der Waals surface area contributed by atoms with Gasteiger partial charge in [0.2, 0.25) is 5.84 Å². The highest BCUT2D eigenvalue weighted by molar-refractivity contribution is 6.44. The lowest BCUT2D eigenvalue weighted by molar-refractivity contribution is -0.787. The molecule has 19 heavy (non-hydrogen) atoms. The minimum absolute atomic E-state index is 0.00749. The lowest BCUT2D eigenvalue weighted by Gasteiger charge is -2.22. The van der Waals surface area contributed by atoms with Gasteiger partial charge < -0.3 is 0 Å². The lowest BCUT2D eigenvalue weighted by Crippen LogP contribution is -2.39. The van der Waals surface area contributed by atoms with Crippen molar-refractivity contribution in [2.45, 2.75) is 53.4 Å². The van der Waals surface area contributed by atoms with Crippen LogP contribution in [-0.4, -0.2) is 29.2 Å². The van der Waals surface area contributed by atoms with E-state index in [1.807, 2.05) is 0 Å². The van der Waals surface area contributed by atoms with E-state index in [1.165, 1.54) is 25.1 Å². The van der Waals surface area contributed by atoms with Gasteiger partial charge in [-0.05, 0) is 6.42 Å². The van der Waals surface area contributed by atoms with Gasteiger partial charge in [-0.1, -0.05) is 57.2 Å². The summed E-state index contributed by atoms with van der Waals surface area (Å²) in [6.07, 6.45) is 6.81. The van der Waals surface area contributed by atoms with E-state index >= 15 is 0 Å². The van der Waals surface area contributed by atoms with Crippen molar-refractivity contribution in [2.75, 3.05) is 13.1 Å². The summed E-state index contributed by atoms with van der Waals surface area (Å²) in [5.41, 5.74) is 1.01. The number of unbranched alkanes of at least 4 members (excludes halogenated alkanes) is 2. The molecule has 0 N–H and O–H groups in total. The fourth-order valence-corrected chi connectivity index (χ4v) is 3.13. The molecule has 4 heteroatoms. The van der Waals surface area contributed by atoms with Crippen LogP contribution in [0.1, 0.15) is 53.4 Å². The summed E-state index contributed by atoms with van der Waals surface area (Å²) in [7, 11) is 0. The van der Waals surface area contributed by atoms with Crippen molar-refractivity contribution >= 4 is 23.1 Å². The summed E-state index contributed by atoms with van der Waals surface area (Å²) in [6, 6.07) is 0. The molecule has 0 aromatic rings. The van der Waals surface area contributed by atoms with Gasteiger partial charge in [0.15, 0.2) is 0 Å². The van der Waals surface area contributed by atoms with Gasteiger partial charge >= 0.3 is 0 Å². The van der Waals surface area contributed by atoms with Gasteiger partial charge in [-0.3, -0.25) is 0 Å². The molecule has 1 unspecified atom stereocenters. The van der Waals surface area contributed by atoms with Gasteiger partial charge in [-0.15, -0.1) is 4.59 Å². The van der Waals surface area contributed by atoms with Crippen molar-refractivity contribution < 1.29 is 4.59 Å². The van der Waals surface area contributed by atoms with E-state index < -0.39 is 0 Å². The van der Waals surface area contributed by atoms with Crippen LogP contribution < -0.4 is 0 Å². The third-order valence-corrected chi connectivity index (χ3v) is 4.00. The van der Waals surface area contributed by atoms with Crippen molar-refractivity contribution in [3.05, 3.63) is 11.2 Å². The molecule has 0 saturated heterocycles. The molecule has 0 fully saturated rings. The quantitative estimate of drug-likeness (QED) is 0.543. The zero-order chi connectivity index (χ0) is 14.1. The minimum atomic E-state index is -0.00749. The number of nitrogens with zero attached hydrogens (tertiary/aromatic N) is 3. The Labute approximate surface area is 121 Å². The van der Waals surface area contributed by atoms with Crippen LogP contribution >= 0.6 is 11.6 Å². The number of halogens is 1. The van der Waals surface area contributed by atoms with Gasteiger partial charge in [0, 0.05) is 11.8 Å². The second-order valence-corrected chi connectivity index (χ2v) is 6.89. The molecule has 3 nitrogen and oxygen atoms in total. The first kappa shape index (κ1) is 14.7. The van der Waals surface area contributed by atoms with Gasteiger partial charge in [-0.2, -0.15) is 0 Å². The maximum atomic E-state index is 6.42. The van der Waals surface area contributed by atoms with E-state index in [0.717, 1.165) is 30.3 Å². The Bertz CT molecular complexity index is 443. The summed E-state index contributed by atoms with van der Waals surface area (Å²) in [5, 5.41) is 5.73. The third kappa shape index (κ3) is 2.92. The van der Waals surface area contributed by atoms with Crippen LogP contribution in [0.2, 0.25) is 0 Å². The van der Waals surface area contributed by atoms with Crippen LogP contribution in [0.5, 0.6) is 0 Å². The Morgan fingerprint density at radius 2 is 2.05 bits per heavy atom. The van der Waals surface area contributed by atoms with Gasteiger partial charge in [-0.25, -0.2) is 4.99 Å². The molecular weight excluding hydrogens is 258 g/mol. The van der Waals surface area contributed by atoms with Gasteiger partial charge in [0.25, 0.3) is 0 Å². The van der Waals surface area contributed by atoms with E-state index in [4.69, 9.17) is 16.7 Å². The van der Waals surface area contributed by atoms with Gasteiger partial charge in [0.05, 0.1) is 6.54 Å². The summed E-state index contributed by atoms with van der Waals surface area (Å²) in [5.74, 6) is 1.19. The standard InChI is InChI=1S/C15H25ClN3/c1-5-6-7-8-13-17-9-10-19(13)11-12(16)14(18-19)15(2,3)4/h11H,5-10H2,1-4H3/q+1. The number of aliphatic imine (C=N–C) groups is 1. The molecule has 1 spiro atoms. The Morgan fingerprint density at radius 1 is 1.32 bits per heavy atom. The molecule has 2 rings (SSSR count).